The Morgan fingerprint density at radius 3 is 2.80 bits per heavy atom. The van der Waals surface area contributed by atoms with Crippen LogP contribution in [0.2, 0.25) is 0 Å². The summed E-state index contributed by atoms with van der Waals surface area (Å²) in [7, 11) is 1.99. The molecule has 0 fully saturated rings. The highest BCUT2D eigenvalue weighted by Crippen LogP contribution is 2.27. The van der Waals surface area contributed by atoms with E-state index in [1.54, 1.807) is 0 Å². The first kappa shape index (κ1) is 13.2. The Bertz CT molecular complexity index is 363. The second kappa shape index (κ2) is 6.01. The highest BCUT2D eigenvalue weighted by molar-refractivity contribution is 14.1. The number of rotatable bonds is 4. The van der Waals surface area contributed by atoms with Crippen molar-refractivity contribution in [2.75, 3.05) is 7.05 Å². The van der Waals surface area contributed by atoms with Crippen molar-refractivity contribution in [3.05, 3.63) is 44.0 Å². The first-order chi connectivity index (χ1) is 7.04. The predicted octanol–water partition coefficient (Wildman–Crippen LogP) is 4.28. The van der Waals surface area contributed by atoms with E-state index in [4.69, 9.17) is 0 Å². The second-order valence-corrected chi connectivity index (χ2v) is 5.75. The van der Waals surface area contributed by atoms with E-state index in [-0.39, 0.29) is 0 Å². The molecule has 0 aromatic heterocycles. The van der Waals surface area contributed by atoms with Gasteiger partial charge in [0.05, 0.1) is 0 Å². The fraction of sp³-hybridized carbons (Fsp3) is 0.333. The van der Waals surface area contributed by atoms with Gasteiger partial charge >= 0.3 is 0 Å². The molecule has 3 heteroatoms. The molecule has 0 radical (unpaired) electrons. The van der Waals surface area contributed by atoms with Gasteiger partial charge in [-0.15, -0.1) is 6.58 Å². The van der Waals surface area contributed by atoms with E-state index < -0.39 is 0 Å². The van der Waals surface area contributed by atoms with Crippen molar-refractivity contribution in [2.24, 2.45) is 0 Å². The molecule has 0 saturated heterocycles. The fourth-order valence-corrected chi connectivity index (χ4v) is 2.59. The van der Waals surface area contributed by atoms with Crippen molar-refractivity contribution < 1.29 is 0 Å². The first-order valence-electron chi connectivity index (χ1n) is 4.81. The normalized spacial score (nSPS) is 12.5. The van der Waals surface area contributed by atoms with Crippen LogP contribution in [-0.4, -0.2) is 7.05 Å². The zero-order chi connectivity index (χ0) is 11.4. The van der Waals surface area contributed by atoms with E-state index >= 15 is 0 Å². The summed E-state index contributed by atoms with van der Waals surface area (Å²) in [5.41, 5.74) is 2.53. The molecule has 1 atom stereocenters. The molecular weight excluding hydrogens is 365 g/mol. The standard InChI is InChI=1S/C12H15BrIN/c1-8(2)6-12(15-3)10-7-9(13)4-5-11(10)14/h4-5,7,12,15H,1,6H2,2-3H3. The average Bonchev–Trinajstić information content (AvgIpc) is 2.18. The fourth-order valence-electron chi connectivity index (χ4n) is 1.50. The molecular formula is C12H15BrIN. The van der Waals surface area contributed by atoms with Gasteiger partial charge in [0.15, 0.2) is 0 Å². The topological polar surface area (TPSA) is 12.0 Å². The van der Waals surface area contributed by atoms with Gasteiger partial charge in [-0.2, -0.15) is 0 Å². The molecule has 1 nitrogen and oxygen atoms in total. The predicted molar refractivity (Wildman–Crippen MR) is 78.1 cm³/mol. The first-order valence-corrected chi connectivity index (χ1v) is 6.68. The summed E-state index contributed by atoms with van der Waals surface area (Å²) in [6.45, 7) is 6.03. The van der Waals surface area contributed by atoms with Crippen molar-refractivity contribution >= 4 is 38.5 Å². The minimum atomic E-state index is 0.354. The molecule has 0 spiro atoms. The smallest absolute Gasteiger partial charge is 0.0365 e. The van der Waals surface area contributed by atoms with Crippen molar-refractivity contribution in [1.29, 1.82) is 0 Å². The Morgan fingerprint density at radius 1 is 1.60 bits per heavy atom. The molecule has 0 bridgehead atoms. The molecule has 1 aromatic rings. The van der Waals surface area contributed by atoms with Gasteiger partial charge in [-0.1, -0.05) is 21.5 Å². The molecule has 0 aliphatic heterocycles. The zero-order valence-corrected chi connectivity index (χ0v) is 12.7. The van der Waals surface area contributed by atoms with Crippen molar-refractivity contribution in [3.8, 4) is 0 Å². The van der Waals surface area contributed by atoms with Crippen molar-refractivity contribution in [3.63, 3.8) is 0 Å². The van der Waals surface area contributed by atoms with Gasteiger partial charge in [0, 0.05) is 14.1 Å². The minimum absolute atomic E-state index is 0.354. The largest absolute Gasteiger partial charge is 0.313 e. The van der Waals surface area contributed by atoms with Gasteiger partial charge < -0.3 is 5.32 Å². The summed E-state index contributed by atoms with van der Waals surface area (Å²) < 4.78 is 2.41. The number of hydrogen-bond acceptors (Lipinski definition) is 1. The molecule has 0 saturated carbocycles. The second-order valence-electron chi connectivity index (χ2n) is 3.67. The van der Waals surface area contributed by atoms with Crippen molar-refractivity contribution in [1.82, 2.24) is 5.32 Å². The number of nitrogens with one attached hydrogen (secondary N) is 1. The molecule has 0 amide bonds. The summed E-state index contributed by atoms with van der Waals surface area (Å²) in [6.07, 6.45) is 0.975. The Kier molecular flexibility index (Phi) is 5.29. The molecule has 0 aliphatic carbocycles. The van der Waals surface area contributed by atoms with E-state index in [1.807, 2.05) is 7.05 Å². The highest BCUT2D eigenvalue weighted by Gasteiger charge is 2.12. The molecule has 1 aromatic carbocycles. The molecule has 1 unspecified atom stereocenters. The van der Waals surface area contributed by atoms with Gasteiger partial charge in [-0.3, -0.25) is 0 Å². The van der Waals surface area contributed by atoms with Crippen LogP contribution < -0.4 is 5.32 Å². The lowest BCUT2D eigenvalue weighted by molar-refractivity contribution is 0.587. The average molecular weight is 380 g/mol. The summed E-state index contributed by atoms with van der Waals surface area (Å²) >= 11 is 5.88. The van der Waals surface area contributed by atoms with Crippen LogP contribution in [0.3, 0.4) is 0 Å². The van der Waals surface area contributed by atoms with E-state index in [2.05, 4.69) is 75.5 Å². The van der Waals surface area contributed by atoms with Gasteiger partial charge in [-0.05, 0) is 66.7 Å². The van der Waals surface area contributed by atoms with Crippen LogP contribution in [0.25, 0.3) is 0 Å². The Morgan fingerprint density at radius 2 is 2.27 bits per heavy atom. The van der Waals surface area contributed by atoms with Crippen LogP contribution >= 0.6 is 38.5 Å². The lowest BCUT2D eigenvalue weighted by Crippen LogP contribution is -2.17. The lowest BCUT2D eigenvalue weighted by atomic mass is 10.0. The third kappa shape index (κ3) is 3.89. The van der Waals surface area contributed by atoms with E-state index in [9.17, 15) is 0 Å². The molecule has 0 aliphatic rings. The van der Waals surface area contributed by atoms with Crippen LogP contribution in [0.4, 0.5) is 0 Å². The Balaban J connectivity index is 3.00. The number of halogens is 2. The summed E-state index contributed by atoms with van der Waals surface area (Å²) in [5, 5.41) is 3.33. The molecule has 82 valence electrons. The minimum Gasteiger partial charge on any atom is -0.313 e. The number of hydrogen-bond donors (Lipinski definition) is 1. The molecule has 1 rings (SSSR count). The lowest BCUT2D eigenvalue weighted by Gasteiger charge is -2.18. The maximum atomic E-state index is 3.97. The maximum absolute atomic E-state index is 3.97. The Hall–Kier alpha value is 0.130. The van der Waals surface area contributed by atoms with Crippen LogP contribution in [0.1, 0.15) is 24.9 Å². The van der Waals surface area contributed by atoms with Crippen LogP contribution in [0.5, 0.6) is 0 Å². The third-order valence-electron chi connectivity index (χ3n) is 2.23. The molecule has 1 N–H and O–H groups in total. The van der Waals surface area contributed by atoms with Crippen LogP contribution in [0.15, 0.2) is 34.8 Å². The molecule has 0 heterocycles. The van der Waals surface area contributed by atoms with Gasteiger partial charge in [0.1, 0.15) is 0 Å². The highest BCUT2D eigenvalue weighted by atomic mass is 127. The summed E-state index contributed by atoms with van der Waals surface area (Å²) in [6, 6.07) is 6.72. The monoisotopic (exact) mass is 379 g/mol. The van der Waals surface area contributed by atoms with Crippen LogP contribution in [0, 0.1) is 3.57 Å². The van der Waals surface area contributed by atoms with E-state index in [1.165, 1.54) is 14.7 Å². The maximum Gasteiger partial charge on any atom is 0.0365 e. The van der Waals surface area contributed by atoms with Crippen molar-refractivity contribution in [2.45, 2.75) is 19.4 Å². The number of benzene rings is 1. The summed E-state index contributed by atoms with van der Waals surface area (Å²) in [5.74, 6) is 0. The van der Waals surface area contributed by atoms with E-state index in [0.29, 0.717) is 6.04 Å². The third-order valence-corrected chi connectivity index (χ3v) is 3.71. The van der Waals surface area contributed by atoms with Crippen LogP contribution in [-0.2, 0) is 0 Å². The van der Waals surface area contributed by atoms with Gasteiger partial charge in [0.2, 0.25) is 0 Å². The quantitative estimate of drug-likeness (QED) is 0.608. The Labute approximate surface area is 114 Å². The van der Waals surface area contributed by atoms with Gasteiger partial charge in [-0.25, -0.2) is 0 Å². The molecule has 15 heavy (non-hydrogen) atoms. The SMILES string of the molecule is C=C(C)CC(NC)c1cc(Br)ccc1I. The zero-order valence-electron chi connectivity index (χ0n) is 8.98. The van der Waals surface area contributed by atoms with E-state index in [0.717, 1.165) is 10.9 Å². The van der Waals surface area contributed by atoms with Gasteiger partial charge in [0.25, 0.3) is 0 Å². The summed E-state index contributed by atoms with van der Waals surface area (Å²) in [4.78, 5) is 0.